The van der Waals surface area contributed by atoms with Crippen molar-refractivity contribution >= 4 is 86.2 Å². The highest BCUT2D eigenvalue weighted by Gasteiger charge is 2.27. The first-order valence-corrected chi connectivity index (χ1v) is 24.9. The molecule has 0 bridgehead atoms. The van der Waals surface area contributed by atoms with E-state index in [1.54, 1.807) is 0 Å². The third kappa shape index (κ3) is 6.02. The van der Waals surface area contributed by atoms with Gasteiger partial charge in [0.1, 0.15) is 0 Å². The van der Waals surface area contributed by atoms with Crippen LogP contribution in [-0.4, -0.2) is 0 Å². The van der Waals surface area contributed by atoms with E-state index in [2.05, 4.69) is 237 Å². The Labute approximate surface area is 410 Å². The van der Waals surface area contributed by atoms with Crippen LogP contribution < -0.4 is 0 Å². The molecule has 0 N–H and O–H groups in total. The molecule has 0 aromatic heterocycles. The number of benzene rings is 13. The predicted molar refractivity (Wildman–Crippen MR) is 306 cm³/mol. The molecular weight excluding hydrogens is 841 g/mol. The van der Waals surface area contributed by atoms with Crippen LogP contribution in [0.2, 0.25) is 0 Å². The van der Waals surface area contributed by atoms with Crippen LogP contribution in [0.1, 0.15) is 44.5 Å². The summed E-state index contributed by atoms with van der Waals surface area (Å²) in [5, 5.41) is 20.5. The molecule has 0 fully saturated rings. The van der Waals surface area contributed by atoms with Crippen molar-refractivity contribution in [2.75, 3.05) is 0 Å². The molecule has 13 aromatic carbocycles. The Morgan fingerprint density at radius 2 is 0.329 bits per heavy atom. The summed E-state index contributed by atoms with van der Waals surface area (Å²) in [5.41, 5.74) is 20.7. The Kier molecular flexibility index (Phi) is 9.46. The molecule has 70 heavy (non-hydrogen) atoms. The zero-order valence-corrected chi connectivity index (χ0v) is 41.3. The van der Waals surface area contributed by atoms with Gasteiger partial charge in [-0.2, -0.15) is 0 Å². The van der Waals surface area contributed by atoms with E-state index in [1.165, 1.54) is 175 Å². The van der Waals surface area contributed by atoms with Crippen molar-refractivity contribution in [2.45, 2.75) is 55.4 Å². The standard InChI is InChI=1S/C70H54/c1-39-31-32-40(2)56-36-60-59(35-55(39)56)69(67-51-27-13-9-23-47(51)65(48-24-10-14-28-52(48)67)63-43(5)19-17-20-44(63)6)61-37-57-41(3)33-34-42(4)58(57)38-62(61)70(60)68-53-29-15-11-25-49(53)66(50-26-12-16-30-54(50)68)64-45(7)21-18-22-46(64)8/h9-38H,1-8H3. The van der Waals surface area contributed by atoms with E-state index in [4.69, 9.17) is 0 Å². The van der Waals surface area contributed by atoms with E-state index in [-0.39, 0.29) is 0 Å². The lowest BCUT2D eigenvalue weighted by Gasteiger charge is -2.26. The maximum absolute atomic E-state index is 2.57. The van der Waals surface area contributed by atoms with Crippen molar-refractivity contribution in [3.05, 3.63) is 226 Å². The van der Waals surface area contributed by atoms with Crippen LogP contribution in [0.15, 0.2) is 182 Å². The van der Waals surface area contributed by atoms with Crippen molar-refractivity contribution in [3.63, 3.8) is 0 Å². The van der Waals surface area contributed by atoms with Gasteiger partial charge in [-0.05, 0) is 255 Å². The van der Waals surface area contributed by atoms with Crippen LogP contribution in [0.25, 0.3) is 131 Å². The highest BCUT2D eigenvalue weighted by Crippen LogP contribution is 2.55. The summed E-state index contributed by atoms with van der Waals surface area (Å²) in [4.78, 5) is 0. The Hall–Kier alpha value is -8.06. The topological polar surface area (TPSA) is 0 Å². The summed E-state index contributed by atoms with van der Waals surface area (Å²) in [7, 11) is 0. The number of hydrogen-bond donors (Lipinski definition) is 0. The normalized spacial score (nSPS) is 12.0. The lowest BCUT2D eigenvalue weighted by Crippen LogP contribution is -1.99. The van der Waals surface area contributed by atoms with Crippen LogP contribution in [0, 0.1) is 55.4 Å². The number of aryl methyl sites for hydroxylation is 8. The Morgan fingerprint density at radius 3 is 0.543 bits per heavy atom. The van der Waals surface area contributed by atoms with Gasteiger partial charge < -0.3 is 0 Å². The summed E-state index contributed by atoms with van der Waals surface area (Å²) >= 11 is 0. The number of fused-ring (bicyclic) bond motifs is 8. The van der Waals surface area contributed by atoms with Crippen molar-refractivity contribution < 1.29 is 0 Å². The minimum Gasteiger partial charge on any atom is -0.0617 e. The van der Waals surface area contributed by atoms with Crippen molar-refractivity contribution in [1.29, 1.82) is 0 Å². The summed E-state index contributed by atoms with van der Waals surface area (Å²) in [6, 6.07) is 69.9. The summed E-state index contributed by atoms with van der Waals surface area (Å²) in [6.07, 6.45) is 0. The van der Waals surface area contributed by atoms with Gasteiger partial charge >= 0.3 is 0 Å². The molecule has 0 aliphatic rings. The van der Waals surface area contributed by atoms with Gasteiger partial charge in [-0.1, -0.05) is 158 Å². The van der Waals surface area contributed by atoms with E-state index < -0.39 is 0 Å². The van der Waals surface area contributed by atoms with Gasteiger partial charge in [0.05, 0.1) is 0 Å². The third-order valence-electron chi connectivity index (χ3n) is 16.1. The van der Waals surface area contributed by atoms with Crippen LogP contribution in [0.5, 0.6) is 0 Å². The minimum absolute atomic E-state index is 1.27. The van der Waals surface area contributed by atoms with Gasteiger partial charge in [0.15, 0.2) is 0 Å². The molecule has 0 spiro atoms. The van der Waals surface area contributed by atoms with Crippen LogP contribution in [-0.2, 0) is 0 Å². The molecule has 0 unspecified atom stereocenters. The average molecular weight is 895 g/mol. The molecule has 0 saturated heterocycles. The zero-order chi connectivity index (χ0) is 47.7. The van der Waals surface area contributed by atoms with Gasteiger partial charge in [-0.3, -0.25) is 0 Å². The van der Waals surface area contributed by atoms with Gasteiger partial charge in [0.2, 0.25) is 0 Å². The van der Waals surface area contributed by atoms with E-state index in [1.807, 2.05) is 0 Å². The Bertz CT molecular complexity index is 3880. The first-order valence-electron chi connectivity index (χ1n) is 24.9. The fourth-order valence-corrected chi connectivity index (χ4v) is 12.8. The van der Waals surface area contributed by atoms with E-state index in [0.717, 1.165) is 0 Å². The average Bonchev–Trinajstić information content (AvgIpc) is 3.37. The van der Waals surface area contributed by atoms with Gasteiger partial charge in [-0.15, -0.1) is 0 Å². The molecule has 0 heterocycles. The second-order valence-electron chi connectivity index (χ2n) is 20.3. The van der Waals surface area contributed by atoms with Gasteiger partial charge in [0, 0.05) is 0 Å². The molecule has 0 radical (unpaired) electrons. The molecule has 13 aromatic rings. The maximum atomic E-state index is 2.57. The SMILES string of the molecule is Cc1cccc(C)c1-c1c2ccccc2c(-c2c3cc4c(C)ccc(C)c4cc3c(-c3c4ccccc4c(-c4c(C)cccc4C)c4ccccc34)c3cc4c(C)ccc(C)c4cc23)c2ccccc12. The molecule has 334 valence electrons. The van der Waals surface area contributed by atoms with E-state index >= 15 is 0 Å². The molecule has 13 rings (SSSR count). The highest BCUT2D eigenvalue weighted by atomic mass is 14.3. The van der Waals surface area contributed by atoms with Crippen LogP contribution in [0.3, 0.4) is 0 Å². The smallest absolute Gasteiger partial charge is 0.00134 e. The Morgan fingerprint density at radius 1 is 0.143 bits per heavy atom. The first-order chi connectivity index (χ1) is 34.1. The molecule has 0 nitrogen and oxygen atoms in total. The number of rotatable bonds is 4. The fraction of sp³-hybridized carbons (Fsp3) is 0.114. The largest absolute Gasteiger partial charge is 0.0617 e. The third-order valence-corrected chi connectivity index (χ3v) is 16.1. The van der Waals surface area contributed by atoms with Crippen LogP contribution in [0.4, 0.5) is 0 Å². The number of hydrogen-bond acceptors (Lipinski definition) is 0. The predicted octanol–water partition coefficient (Wildman–Crippen LogP) is 20.0. The summed E-state index contributed by atoms with van der Waals surface area (Å²) < 4.78 is 0. The fourth-order valence-electron chi connectivity index (χ4n) is 12.8. The molecule has 0 atom stereocenters. The molecular formula is C70H54. The van der Waals surface area contributed by atoms with E-state index in [0.29, 0.717) is 0 Å². The lowest BCUT2D eigenvalue weighted by molar-refractivity contribution is 1.39. The Balaban J connectivity index is 1.33. The van der Waals surface area contributed by atoms with Crippen molar-refractivity contribution in [1.82, 2.24) is 0 Å². The second-order valence-corrected chi connectivity index (χ2v) is 20.3. The monoisotopic (exact) mass is 894 g/mol. The highest BCUT2D eigenvalue weighted by molar-refractivity contribution is 6.35. The van der Waals surface area contributed by atoms with Crippen molar-refractivity contribution in [2.24, 2.45) is 0 Å². The lowest BCUT2D eigenvalue weighted by atomic mass is 9.77. The van der Waals surface area contributed by atoms with Crippen molar-refractivity contribution in [3.8, 4) is 44.5 Å². The first kappa shape index (κ1) is 42.1. The zero-order valence-electron chi connectivity index (χ0n) is 41.3. The molecule has 0 aliphatic heterocycles. The molecule has 0 saturated carbocycles. The molecule has 0 aliphatic carbocycles. The van der Waals surface area contributed by atoms with Gasteiger partial charge in [-0.25, -0.2) is 0 Å². The van der Waals surface area contributed by atoms with Gasteiger partial charge in [0.25, 0.3) is 0 Å². The van der Waals surface area contributed by atoms with E-state index in [9.17, 15) is 0 Å². The minimum atomic E-state index is 1.27. The maximum Gasteiger partial charge on any atom is -0.00134 e. The second kappa shape index (κ2) is 15.7. The molecule has 0 heteroatoms. The molecule has 0 amide bonds. The summed E-state index contributed by atoms with van der Waals surface area (Å²) in [6.45, 7) is 18.2. The quantitative estimate of drug-likeness (QED) is 0.154. The van der Waals surface area contributed by atoms with Crippen LogP contribution >= 0.6 is 0 Å². The summed E-state index contributed by atoms with van der Waals surface area (Å²) in [5.74, 6) is 0.